The minimum atomic E-state index is -0.289. The quantitative estimate of drug-likeness (QED) is 0.450. The van der Waals surface area contributed by atoms with Crippen molar-refractivity contribution in [2.75, 3.05) is 31.1 Å². The van der Waals surface area contributed by atoms with Crippen LogP contribution >= 0.6 is 11.3 Å². The van der Waals surface area contributed by atoms with Gasteiger partial charge in [0, 0.05) is 32.7 Å². The van der Waals surface area contributed by atoms with Crippen LogP contribution < -0.4 is 4.90 Å². The summed E-state index contributed by atoms with van der Waals surface area (Å²) in [5, 5.41) is 1.99. The van der Waals surface area contributed by atoms with E-state index in [-0.39, 0.29) is 17.5 Å². The van der Waals surface area contributed by atoms with Crippen LogP contribution in [0.4, 0.5) is 14.5 Å². The van der Waals surface area contributed by atoms with Crippen molar-refractivity contribution in [3.63, 3.8) is 0 Å². The fourth-order valence-electron chi connectivity index (χ4n) is 4.16. The largest absolute Gasteiger partial charge is 0.366 e. The van der Waals surface area contributed by atoms with Crippen molar-refractivity contribution < 1.29 is 13.6 Å². The van der Waals surface area contributed by atoms with Crippen LogP contribution in [0, 0.1) is 11.6 Å². The summed E-state index contributed by atoms with van der Waals surface area (Å²) in [4.78, 5) is 17.2. The summed E-state index contributed by atoms with van der Waals surface area (Å²) in [7, 11) is 0. The van der Waals surface area contributed by atoms with Crippen LogP contribution in [0.5, 0.6) is 0 Å². The lowest BCUT2D eigenvalue weighted by Crippen LogP contribution is -2.49. The molecule has 5 rings (SSSR count). The van der Waals surface area contributed by atoms with Crippen LogP contribution in [0.15, 0.2) is 66.0 Å². The number of nitrogens with zero attached hydrogens (tertiary/aromatic N) is 3. The molecule has 0 aliphatic carbocycles. The number of thiophene rings is 1. The van der Waals surface area contributed by atoms with E-state index in [2.05, 4.69) is 0 Å². The monoisotopic (exact) mass is 437 g/mol. The number of para-hydroxylation sites is 1. The number of carbonyl (C=O) groups excluding carboxylic acids is 1. The maximum atomic E-state index is 14.1. The zero-order valence-corrected chi connectivity index (χ0v) is 17.6. The number of halogens is 2. The molecule has 158 valence electrons. The predicted octanol–water partition coefficient (Wildman–Crippen LogP) is 4.99. The van der Waals surface area contributed by atoms with E-state index in [9.17, 15) is 13.6 Å². The number of benzene rings is 2. The van der Waals surface area contributed by atoms with Crippen molar-refractivity contribution in [1.82, 2.24) is 9.47 Å². The first-order chi connectivity index (χ1) is 15.1. The predicted molar refractivity (Wildman–Crippen MR) is 120 cm³/mol. The number of piperazine rings is 1. The Kier molecular flexibility index (Phi) is 5.19. The van der Waals surface area contributed by atoms with Crippen molar-refractivity contribution >= 4 is 33.1 Å². The molecule has 31 heavy (non-hydrogen) atoms. The molecule has 0 saturated carbocycles. The van der Waals surface area contributed by atoms with Crippen LogP contribution in [-0.2, 0) is 6.54 Å². The summed E-state index contributed by atoms with van der Waals surface area (Å²) in [6.45, 7) is 2.61. The van der Waals surface area contributed by atoms with E-state index in [1.807, 2.05) is 44.0 Å². The maximum Gasteiger partial charge on any atom is 0.270 e. The second-order valence-corrected chi connectivity index (χ2v) is 8.59. The molecule has 2 aromatic heterocycles. The summed E-state index contributed by atoms with van der Waals surface area (Å²) in [5.41, 5.74) is 2.96. The fraction of sp³-hybridized carbons (Fsp3) is 0.208. The molecule has 1 aliphatic heterocycles. The van der Waals surface area contributed by atoms with Crippen LogP contribution in [0.3, 0.4) is 0 Å². The Morgan fingerprint density at radius 1 is 0.935 bits per heavy atom. The number of hydrogen-bond acceptors (Lipinski definition) is 3. The van der Waals surface area contributed by atoms with Gasteiger partial charge in [-0.15, -0.1) is 11.3 Å². The number of rotatable bonds is 4. The van der Waals surface area contributed by atoms with Gasteiger partial charge in [0.05, 0.1) is 15.9 Å². The van der Waals surface area contributed by atoms with Crippen molar-refractivity contribution in [1.29, 1.82) is 0 Å². The number of fused-ring (bicyclic) bond motifs is 1. The van der Waals surface area contributed by atoms with E-state index < -0.39 is 0 Å². The van der Waals surface area contributed by atoms with E-state index in [1.54, 1.807) is 29.5 Å². The first kappa shape index (κ1) is 19.8. The zero-order valence-electron chi connectivity index (χ0n) is 16.8. The first-order valence-corrected chi connectivity index (χ1v) is 11.1. The van der Waals surface area contributed by atoms with E-state index in [0.717, 1.165) is 15.8 Å². The lowest BCUT2D eigenvalue weighted by molar-refractivity contribution is 0.0737. The van der Waals surface area contributed by atoms with Crippen LogP contribution in [0.25, 0.3) is 10.2 Å². The second-order valence-electron chi connectivity index (χ2n) is 7.65. The summed E-state index contributed by atoms with van der Waals surface area (Å²) in [5.74, 6) is -0.581. The molecule has 2 aromatic carbocycles. The van der Waals surface area contributed by atoms with Gasteiger partial charge in [0.15, 0.2) is 0 Å². The van der Waals surface area contributed by atoms with Gasteiger partial charge in [-0.3, -0.25) is 4.79 Å². The van der Waals surface area contributed by atoms with Crippen molar-refractivity contribution in [3.8, 4) is 0 Å². The van der Waals surface area contributed by atoms with Gasteiger partial charge in [0.25, 0.3) is 5.91 Å². The topological polar surface area (TPSA) is 28.5 Å². The number of carbonyl (C=O) groups is 1. The van der Waals surface area contributed by atoms with E-state index >= 15 is 0 Å². The summed E-state index contributed by atoms with van der Waals surface area (Å²) >= 11 is 1.58. The molecule has 0 bridgehead atoms. The standard InChI is InChI=1S/C24H21F2N3OS/c25-18-5-3-4-17(14-18)16-29-21-8-13-31-23(21)15-22(29)24(30)28-11-9-27(10-12-28)20-7-2-1-6-19(20)26/h1-8,13-15H,9-12,16H2. The number of amides is 1. The Morgan fingerprint density at radius 3 is 2.52 bits per heavy atom. The number of aromatic nitrogens is 1. The minimum Gasteiger partial charge on any atom is -0.366 e. The van der Waals surface area contributed by atoms with E-state index in [0.29, 0.717) is 44.1 Å². The summed E-state index contributed by atoms with van der Waals surface area (Å²) in [6, 6.07) is 17.1. The van der Waals surface area contributed by atoms with Gasteiger partial charge < -0.3 is 14.4 Å². The SMILES string of the molecule is O=C(c1cc2sccc2n1Cc1cccc(F)c1)N1CCN(c2ccccc2F)CC1. The van der Waals surface area contributed by atoms with Gasteiger partial charge in [-0.05, 0) is 47.3 Å². The molecule has 3 heterocycles. The Bertz CT molecular complexity index is 1240. The van der Waals surface area contributed by atoms with Crippen LogP contribution in [-0.4, -0.2) is 41.6 Å². The van der Waals surface area contributed by atoms with Crippen LogP contribution in [0.2, 0.25) is 0 Å². The normalized spacial score (nSPS) is 14.4. The van der Waals surface area contributed by atoms with Crippen molar-refractivity contribution in [3.05, 3.63) is 88.9 Å². The van der Waals surface area contributed by atoms with Gasteiger partial charge in [0.1, 0.15) is 17.3 Å². The highest BCUT2D eigenvalue weighted by molar-refractivity contribution is 7.17. The zero-order chi connectivity index (χ0) is 21.4. The Morgan fingerprint density at radius 2 is 1.74 bits per heavy atom. The molecule has 1 amide bonds. The number of hydrogen-bond donors (Lipinski definition) is 0. The highest BCUT2D eigenvalue weighted by Gasteiger charge is 2.26. The molecular weight excluding hydrogens is 416 g/mol. The molecule has 0 unspecified atom stereocenters. The molecule has 7 heteroatoms. The summed E-state index contributed by atoms with van der Waals surface area (Å²) in [6.07, 6.45) is 0. The lowest BCUT2D eigenvalue weighted by atomic mass is 10.2. The Labute approximate surface area is 182 Å². The molecule has 0 atom stereocenters. The van der Waals surface area contributed by atoms with Gasteiger partial charge >= 0.3 is 0 Å². The molecule has 4 aromatic rings. The third-order valence-electron chi connectivity index (χ3n) is 5.73. The Balaban J connectivity index is 1.38. The smallest absolute Gasteiger partial charge is 0.270 e. The van der Waals surface area contributed by atoms with Crippen LogP contribution in [0.1, 0.15) is 16.1 Å². The Hall–Kier alpha value is -3.19. The van der Waals surface area contributed by atoms with Gasteiger partial charge in [-0.1, -0.05) is 24.3 Å². The van der Waals surface area contributed by atoms with Crippen molar-refractivity contribution in [2.24, 2.45) is 0 Å². The molecular formula is C24H21F2N3OS. The molecule has 0 N–H and O–H groups in total. The fourth-order valence-corrected chi connectivity index (χ4v) is 4.99. The van der Waals surface area contributed by atoms with Gasteiger partial charge in [-0.2, -0.15) is 0 Å². The first-order valence-electron chi connectivity index (χ1n) is 10.2. The molecule has 0 spiro atoms. The molecule has 4 nitrogen and oxygen atoms in total. The second kappa shape index (κ2) is 8.15. The third-order valence-corrected chi connectivity index (χ3v) is 6.58. The number of anilines is 1. The van der Waals surface area contributed by atoms with E-state index in [1.165, 1.54) is 18.2 Å². The van der Waals surface area contributed by atoms with Crippen molar-refractivity contribution in [2.45, 2.75) is 6.54 Å². The molecule has 1 aliphatic rings. The average Bonchev–Trinajstić information content (AvgIpc) is 3.37. The van der Waals surface area contributed by atoms with Gasteiger partial charge in [-0.25, -0.2) is 8.78 Å². The average molecular weight is 438 g/mol. The maximum absolute atomic E-state index is 14.1. The molecule has 1 fully saturated rings. The van der Waals surface area contributed by atoms with Gasteiger partial charge in [0.2, 0.25) is 0 Å². The lowest BCUT2D eigenvalue weighted by Gasteiger charge is -2.36. The highest BCUT2D eigenvalue weighted by atomic mass is 32.1. The van der Waals surface area contributed by atoms with E-state index in [4.69, 9.17) is 0 Å². The molecule has 1 saturated heterocycles. The summed E-state index contributed by atoms with van der Waals surface area (Å²) < 4.78 is 30.8. The minimum absolute atomic E-state index is 0.0482. The highest BCUT2D eigenvalue weighted by Crippen LogP contribution is 2.28. The third kappa shape index (κ3) is 3.81. The molecule has 0 radical (unpaired) electrons.